The fourth-order valence-electron chi connectivity index (χ4n) is 2.30. The first kappa shape index (κ1) is 14.6. The smallest absolute Gasteiger partial charge is 0.144 e. The SMILES string of the molecule is Cc1ccc(Cl)cc1-n1c(CCl)nc2cc(Cl)c(F)cc21. The molecule has 0 saturated heterocycles. The highest BCUT2D eigenvalue weighted by Gasteiger charge is 2.16. The van der Waals surface area contributed by atoms with Gasteiger partial charge in [0.25, 0.3) is 0 Å². The molecule has 0 fully saturated rings. The van der Waals surface area contributed by atoms with Crippen molar-refractivity contribution in [2.24, 2.45) is 0 Å². The molecule has 2 aromatic carbocycles. The van der Waals surface area contributed by atoms with E-state index in [-0.39, 0.29) is 10.9 Å². The number of nitrogens with zero attached hydrogens (tertiary/aromatic N) is 2. The van der Waals surface area contributed by atoms with Gasteiger partial charge >= 0.3 is 0 Å². The minimum atomic E-state index is -0.494. The normalized spacial score (nSPS) is 11.3. The molecule has 2 nitrogen and oxygen atoms in total. The number of imidazole rings is 1. The lowest BCUT2D eigenvalue weighted by Gasteiger charge is -2.11. The lowest BCUT2D eigenvalue weighted by Crippen LogP contribution is -2.01. The van der Waals surface area contributed by atoms with Crippen LogP contribution in [0.4, 0.5) is 4.39 Å². The van der Waals surface area contributed by atoms with E-state index in [0.29, 0.717) is 21.9 Å². The topological polar surface area (TPSA) is 17.8 Å². The molecule has 6 heteroatoms. The summed E-state index contributed by atoms with van der Waals surface area (Å²) in [5.74, 6) is 0.310. The van der Waals surface area contributed by atoms with Crippen LogP contribution in [0.1, 0.15) is 11.4 Å². The van der Waals surface area contributed by atoms with Crippen molar-refractivity contribution >= 4 is 45.8 Å². The van der Waals surface area contributed by atoms with Crippen molar-refractivity contribution in [2.45, 2.75) is 12.8 Å². The molecule has 0 aliphatic heterocycles. The summed E-state index contributed by atoms with van der Waals surface area (Å²) in [5.41, 5.74) is 3.01. The molecular weight excluding hydrogens is 334 g/mol. The Morgan fingerprint density at radius 3 is 2.67 bits per heavy atom. The summed E-state index contributed by atoms with van der Waals surface area (Å²) in [7, 11) is 0. The third kappa shape index (κ3) is 2.50. The zero-order valence-corrected chi connectivity index (χ0v) is 13.3. The lowest BCUT2D eigenvalue weighted by atomic mass is 10.2. The van der Waals surface area contributed by atoms with Gasteiger partial charge in [-0.3, -0.25) is 4.57 Å². The zero-order valence-electron chi connectivity index (χ0n) is 11.0. The van der Waals surface area contributed by atoms with Gasteiger partial charge in [-0.15, -0.1) is 11.6 Å². The Hall–Kier alpha value is -1.29. The molecule has 21 heavy (non-hydrogen) atoms. The van der Waals surface area contributed by atoms with Crippen molar-refractivity contribution in [3.63, 3.8) is 0 Å². The van der Waals surface area contributed by atoms with Crippen LogP contribution >= 0.6 is 34.8 Å². The second-order valence-electron chi connectivity index (χ2n) is 4.68. The Bertz CT molecular complexity index is 843. The standard InChI is InChI=1S/C15H10Cl3FN2/c1-8-2-3-9(17)4-13(8)21-14-6-11(19)10(18)5-12(14)20-15(21)7-16/h2-6H,7H2,1H3. The van der Waals surface area contributed by atoms with Gasteiger partial charge in [0.05, 0.1) is 27.6 Å². The van der Waals surface area contributed by atoms with Crippen LogP contribution in [-0.2, 0) is 5.88 Å². The molecular formula is C15H10Cl3FN2. The molecule has 0 atom stereocenters. The Kier molecular flexibility index (Phi) is 3.82. The minimum absolute atomic E-state index is 0.0380. The van der Waals surface area contributed by atoms with E-state index in [1.807, 2.05) is 17.6 Å². The van der Waals surface area contributed by atoms with Crippen LogP contribution in [-0.4, -0.2) is 9.55 Å². The number of benzene rings is 2. The molecule has 1 heterocycles. The molecule has 1 aromatic heterocycles. The van der Waals surface area contributed by atoms with Gasteiger partial charge in [-0.1, -0.05) is 29.3 Å². The van der Waals surface area contributed by atoms with Crippen LogP contribution in [0.15, 0.2) is 30.3 Å². The van der Waals surface area contributed by atoms with Crippen LogP contribution in [0.2, 0.25) is 10.0 Å². The number of alkyl halides is 1. The number of aromatic nitrogens is 2. The fourth-order valence-corrected chi connectivity index (χ4v) is 2.81. The Morgan fingerprint density at radius 1 is 1.19 bits per heavy atom. The van der Waals surface area contributed by atoms with Gasteiger partial charge in [0.1, 0.15) is 11.6 Å². The third-order valence-corrected chi connectivity index (χ3v) is 4.06. The fraction of sp³-hybridized carbons (Fsp3) is 0.133. The van der Waals surface area contributed by atoms with E-state index >= 15 is 0 Å². The second kappa shape index (κ2) is 5.48. The Labute approximate surface area is 136 Å². The number of hydrogen-bond donors (Lipinski definition) is 0. The predicted octanol–water partition coefficient (Wildman–Crippen LogP) is 5.52. The maximum absolute atomic E-state index is 13.8. The maximum atomic E-state index is 13.8. The average Bonchev–Trinajstić information content (AvgIpc) is 2.79. The van der Waals surface area contributed by atoms with Gasteiger partial charge < -0.3 is 0 Å². The summed E-state index contributed by atoms with van der Waals surface area (Å²) in [4.78, 5) is 4.42. The summed E-state index contributed by atoms with van der Waals surface area (Å²) >= 11 is 17.9. The first-order chi connectivity index (χ1) is 10.0. The quantitative estimate of drug-likeness (QED) is 0.560. The molecule has 3 rings (SSSR count). The van der Waals surface area contributed by atoms with E-state index in [2.05, 4.69) is 4.98 Å². The first-order valence-corrected chi connectivity index (χ1v) is 7.49. The molecule has 0 amide bonds. The Morgan fingerprint density at radius 2 is 1.95 bits per heavy atom. The minimum Gasteiger partial charge on any atom is -0.295 e. The highest BCUT2D eigenvalue weighted by Crippen LogP contribution is 2.29. The molecule has 0 aliphatic rings. The van der Waals surface area contributed by atoms with Crippen LogP contribution in [0, 0.1) is 12.7 Å². The summed E-state index contributed by atoms with van der Waals surface area (Å²) < 4.78 is 15.6. The largest absolute Gasteiger partial charge is 0.295 e. The van der Waals surface area contributed by atoms with Gasteiger partial charge in [0.15, 0.2) is 0 Å². The summed E-state index contributed by atoms with van der Waals surface area (Å²) in [6.45, 7) is 1.95. The van der Waals surface area contributed by atoms with Crippen molar-refractivity contribution in [2.75, 3.05) is 0 Å². The van der Waals surface area contributed by atoms with Gasteiger partial charge in [-0.2, -0.15) is 0 Å². The monoisotopic (exact) mass is 342 g/mol. The van der Waals surface area contributed by atoms with Gasteiger partial charge in [-0.25, -0.2) is 9.37 Å². The van der Waals surface area contributed by atoms with E-state index in [4.69, 9.17) is 34.8 Å². The van der Waals surface area contributed by atoms with Crippen LogP contribution in [0.5, 0.6) is 0 Å². The number of halogens is 4. The summed E-state index contributed by atoms with van der Waals surface area (Å²) in [6, 6.07) is 8.37. The molecule has 0 bridgehead atoms. The highest BCUT2D eigenvalue weighted by molar-refractivity contribution is 6.31. The van der Waals surface area contributed by atoms with E-state index in [0.717, 1.165) is 11.3 Å². The predicted molar refractivity (Wildman–Crippen MR) is 85.3 cm³/mol. The van der Waals surface area contributed by atoms with E-state index in [1.165, 1.54) is 12.1 Å². The van der Waals surface area contributed by atoms with Crippen molar-refractivity contribution < 1.29 is 4.39 Å². The van der Waals surface area contributed by atoms with Gasteiger partial charge in [0.2, 0.25) is 0 Å². The van der Waals surface area contributed by atoms with Gasteiger partial charge in [-0.05, 0) is 30.7 Å². The van der Waals surface area contributed by atoms with Crippen LogP contribution in [0.3, 0.4) is 0 Å². The molecule has 0 saturated carbocycles. The number of aryl methyl sites for hydroxylation is 1. The average molecular weight is 344 g/mol. The number of hydrogen-bond acceptors (Lipinski definition) is 1. The Balaban J connectivity index is 2.40. The maximum Gasteiger partial charge on any atom is 0.144 e. The lowest BCUT2D eigenvalue weighted by molar-refractivity contribution is 0.629. The van der Waals surface area contributed by atoms with Gasteiger partial charge in [0, 0.05) is 11.1 Å². The first-order valence-electron chi connectivity index (χ1n) is 6.20. The third-order valence-electron chi connectivity index (χ3n) is 3.30. The summed E-state index contributed by atoms with van der Waals surface area (Å²) in [5, 5.41) is 0.628. The molecule has 0 radical (unpaired) electrons. The molecule has 108 valence electrons. The van der Waals surface area contributed by atoms with Crippen molar-refractivity contribution in [3.05, 3.63) is 57.6 Å². The molecule has 0 N–H and O–H groups in total. The van der Waals surface area contributed by atoms with Crippen molar-refractivity contribution in [3.8, 4) is 5.69 Å². The summed E-state index contributed by atoms with van der Waals surface area (Å²) in [6.07, 6.45) is 0. The van der Waals surface area contributed by atoms with Crippen molar-refractivity contribution in [1.29, 1.82) is 0 Å². The zero-order chi connectivity index (χ0) is 15.1. The molecule has 0 unspecified atom stereocenters. The molecule has 0 aliphatic carbocycles. The highest BCUT2D eigenvalue weighted by atomic mass is 35.5. The number of rotatable bonds is 2. The van der Waals surface area contributed by atoms with E-state index in [1.54, 1.807) is 12.1 Å². The van der Waals surface area contributed by atoms with Crippen LogP contribution in [0.25, 0.3) is 16.7 Å². The second-order valence-corrected chi connectivity index (χ2v) is 5.79. The van der Waals surface area contributed by atoms with E-state index < -0.39 is 5.82 Å². The van der Waals surface area contributed by atoms with E-state index in [9.17, 15) is 4.39 Å². The molecule has 3 aromatic rings. The van der Waals surface area contributed by atoms with Crippen molar-refractivity contribution in [1.82, 2.24) is 9.55 Å². The number of fused-ring (bicyclic) bond motifs is 1. The molecule has 0 spiro atoms. The van der Waals surface area contributed by atoms with Crippen LogP contribution < -0.4 is 0 Å².